The van der Waals surface area contributed by atoms with Crippen LogP contribution in [0.3, 0.4) is 0 Å². The SMILES string of the molecule is CNc1nnc(-c2ccc3c(c2O)CCC3)c2c1C1CCC(C2)O1. The first-order valence-corrected chi connectivity index (χ1v) is 8.83. The number of rotatable bonds is 2. The van der Waals surface area contributed by atoms with E-state index in [1.807, 2.05) is 13.1 Å². The van der Waals surface area contributed by atoms with Crippen molar-refractivity contribution in [2.75, 3.05) is 12.4 Å². The Morgan fingerprint density at radius 3 is 2.96 bits per heavy atom. The van der Waals surface area contributed by atoms with Crippen LogP contribution in [0.25, 0.3) is 11.3 Å². The van der Waals surface area contributed by atoms with E-state index in [2.05, 4.69) is 21.6 Å². The van der Waals surface area contributed by atoms with Gasteiger partial charge in [0.1, 0.15) is 11.4 Å². The van der Waals surface area contributed by atoms with E-state index in [0.29, 0.717) is 5.75 Å². The van der Waals surface area contributed by atoms with E-state index in [1.54, 1.807) is 0 Å². The molecule has 0 saturated carbocycles. The summed E-state index contributed by atoms with van der Waals surface area (Å²) in [6.45, 7) is 0. The van der Waals surface area contributed by atoms with E-state index in [9.17, 15) is 5.11 Å². The number of anilines is 1. The predicted octanol–water partition coefficient (Wildman–Crippen LogP) is 3.16. The van der Waals surface area contributed by atoms with Crippen molar-refractivity contribution in [3.63, 3.8) is 0 Å². The van der Waals surface area contributed by atoms with Crippen LogP contribution >= 0.6 is 0 Å². The average molecular weight is 323 g/mol. The minimum atomic E-state index is 0.104. The molecule has 24 heavy (non-hydrogen) atoms. The zero-order valence-corrected chi connectivity index (χ0v) is 13.8. The van der Waals surface area contributed by atoms with Crippen molar-refractivity contribution in [2.45, 2.75) is 50.7 Å². The van der Waals surface area contributed by atoms with Crippen LogP contribution in [-0.2, 0) is 24.0 Å². The van der Waals surface area contributed by atoms with Gasteiger partial charge in [0.25, 0.3) is 0 Å². The first-order chi connectivity index (χ1) is 11.8. The number of nitrogens with one attached hydrogen (secondary N) is 1. The van der Waals surface area contributed by atoms with Crippen molar-refractivity contribution in [3.8, 4) is 17.0 Å². The molecule has 0 spiro atoms. The number of hydrogen-bond acceptors (Lipinski definition) is 5. The maximum atomic E-state index is 10.8. The number of phenols is 1. The Bertz CT molecular complexity index is 834. The minimum absolute atomic E-state index is 0.104. The van der Waals surface area contributed by atoms with Gasteiger partial charge >= 0.3 is 0 Å². The highest BCUT2D eigenvalue weighted by atomic mass is 16.5. The number of aryl methyl sites for hydroxylation is 1. The molecule has 2 unspecified atom stereocenters. The molecule has 2 N–H and O–H groups in total. The Morgan fingerprint density at radius 1 is 1.17 bits per heavy atom. The van der Waals surface area contributed by atoms with Gasteiger partial charge in [0.15, 0.2) is 5.82 Å². The molecular formula is C19H21N3O2. The molecule has 1 saturated heterocycles. The van der Waals surface area contributed by atoms with Gasteiger partial charge in [-0.25, -0.2) is 0 Å². The zero-order chi connectivity index (χ0) is 16.3. The average Bonchev–Trinajstić information content (AvgIpc) is 3.22. The highest BCUT2D eigenvalue weighted by Gasteiger charge is 2.38. The van der Waals surface area contributed by atoms with Gasteiger partial charge in [0.2, 0.25) is 0 Å². The van der Waals surface area contributed by atoms with E-state index in [4.69, 9.17) is 4.74 Å². The molecule has 5 nitrogen and oxygen atoms in total. The maximum Gasteiger partial charge on any atom is 0.154 e. The predicted molar refractivity (Wildman–Crippen MR) is 91.3 cm³/mol. The van der Waals surface area contributed by atoms with Crippen LogP contribution in [0.5, 0.6) is 5.75 Å². The third-order valence-electron chi connectivity index (χ3n) is 5.72. The number of benzene rings is 1. The standard InChI is InChI=1S/C19H21N3O2/c1-20-19-16-14(9-11-6-8-15(16)24-11)17(21-22-19)13-7-5-10-3-2-4-12(10)18(13)23/h5,7,11,15,23H,2-4,6,8-9H2,1H3,(H,20,22). The fourth-order valence-electron chi connectivity index (χ4n) is 4.57. The lowest BCUT2D eigenvalue weighted by Gasteiger charge is -2.27. The van der Waals surface area contributed by atoms with Crippen LogP contribution in [0.2, 0.25) is 0 Å². The lowest BCUT2D eigenvalue weighted by molar-refractivity contribution is 0.0326. The Morgan fingerprint density at radius 2 is 2.08 bits per heavy atom. The molecule has 1 aliphatic carbocycles. The van der Waals surface area contributed by atoms with Crippen molar-refractivity contribution < 1.29 is 9.84 Å². The molecule has 0 radical (unpaired) electrons. The molecule has 2 bridgehead atoms. The lowest BCUT2D eigenvalue weighted by atomic mass is 9.92. The van der Waals surface area contributed by atoms with E-state index in [1.165, 1.54) is 11.1 Å². The van der Waals surface area contributed by atoms with E-state index < -0.39 is 0 Å². The molecule has 2 aromatic rings. The van der Waals surface area contributed by atoms with E-state index in [0.717, 1.165) is 66.7 Å². The van der Waals surface area contributed by atoms with Gasteiger partial charge in [-0.15, -0.1) is 10.2 Å². The topological polar surface area (TPSA) is 67.3 Å². The molecular weight excluding hydrogens is 302 g/mol. The van der Waals surface area contributed by atoms with Crippen molar-refractivity contribution in [1.29, 1.82) is 0 Å². The largest absolute Gasteiger partial charge is 0.507 e. The van der Waals surface area contributed by atoms with Crippen molar-refractivity contribution in [1.82, 2.24) is 10.2 Å². The third kappa shape index (κ3) is 1.91. The molecule has 2 atom stereocenters. The Labute approximate surface area is 141 Å². The fraction of sp³-hybridized carbons (Fsp3) is 0.474. The van der Waals surface area contributed by atoms with Gasteiger partial charge in [-0.3, -0.25) is 0 Å². The summed E-state index contributed by atoms with van der Waals surface area (Å²) in [5, 5.41) is 22.9. The summed E-state index contributed by atoms with van der Waals surface area (Å²) in [7, 11) is 1.87. The molecule has 3 heterocycles. The monoisotopic (exact) mass is 323 g/mol. The number of fused-ring (bicyclic) bond motifs is 5. The molecule has 2 aliphatic heterocycles. The highest BCUT2D eigenvalue weighted by Crippen LogP contribution is 2.47. The second-order valence-electron chi connectivity index (χ2n) is 7.02. The van der Waals surface area contributed by atoms with Crippen LogP contribution in [-0.4, -0.2) is 28.5 Å². The lowest BCUT2D eigenvalue weighted by Crippen LogP contribution is -2.21. The van der Waals surface area contributed by atoms with Gasteiger partial charge in [-0.05, 0) is 54.9 Å². The highest BCUT2D eigenvalue weighted by molar-refractivity contribution is 5.75. The molecule has 1 aromatic carbocycles. The molecule has 3 aliphatic rings. The molecule has 124 valence electrons. The van der Waals surface area contributed by atoms with Crippen molar-refractivity contribution >= 4 is 5.82 Å². The van der Waals surface area contributed by atoms with Crippen LogP contribution in [0.1, 0.15) is 47.6 Å². The fourth-order valence-corrected chi connectivity index (χ4v) is 4.57. The van der Waals surface area contributed by atoms with Gasteiger partial charge < -0.3 is 15.2 Å². The second-order valence-corrected chi connectivity index (χ2v) is 7.02. The molecule has 5 rings (SSSR count). The number of nitrogens with zero attached hydrogens (tertiary/aromatic N) is 2. The van der Waals surface area contributed by atoms with E-state index in [-0.39, 0.29) is 12.2 Å². The summed E-state index contributed by atoms with van der Waals surface area (Å²) < 4.78 is 6.09. The van der Waals surface area contributed by atoms with Gasteiger partial charge in [0, 0.05) is 24.6 Å². The number of hydrogen-bond donors (Lipinski definition) is 2. The molecule has 1 fully saturated rings. The Hall–Kier alpha value is -2.14. The van der Waals surface area contributed by atoms with E-state index >= 15 is 0 Å². The molecule has 1 aromatic heterocycles. The summed E-state index contributed by atoms with van der Waals surface area (Å²) >= 11 is 0. The normalized spacial score (nSPS) is 23.9. The Kier molecular flexibility index (Phi) is 3.07. The van der Waals surface area contributed by atoms with Crippen molar-refractivity contribution in [3.05, 3.63) is 34.4 Å². The Balaban J connectivity index is 1.72. The van der Waals surface area contributed by atoms with Crippen LogP contribution < -0.4 is 5.32 Å². The van der Waals surface area contributed by atoms with Crippen LogP contribution in [0.15, 0.2) is 12.1 Å². The summed E-state index contributed by atoms with van der Waals surface area (Å²) in [6, 6.07) is 4.16. The molecule has 5 heteroatoms. The first-order valence-electron chi connectivity index (χ1n) is 8.83. The summed E-state index contributed by atoms with van der Waals surface area (Å²) in [4.78, 5) is 0. The van der Waals surface area contributed by atoms with Crippen LogP contribution in [0, 0.1) is 0 Å². The zero-order valence-electron chi connectivity index (χ0n) is 13.8. The van der Waals surface area contributed by atoms with Crippen LogP contribution in [0.4, 0.5) is 5.82 Å². The third-order valence-corrected chi connectivity index (χ3v) is 5.72. The number of ether oxygens (including phenoxy) is 1. The number of phenolic OH excluding ortho intramolecular Hbond substituents is 1. The minimum Gasteiger partial charge on any atom is -0.507 e. The second kappa shape index (κ2) is 5.18. The summed E-state index contributed by atoms with van der Waals surface area (Å²) in [5.74, 6) is 1.21. The summed E-state index contributed by atoms with van der Waals surface area (Å²) in [6.07, 6.45) is 6.47. The first kappa shape index (κ1) is 14.2. The molecule has 0 amide bonds. The van der Waals surface area contributed by atoms with Gasteiger partial charge in [-0.2, -0.15) is 0 Å². The smallest absolute Gasteiger partial charge is 0.154 e. The number of aromatic hydroxyl groups is 1. The maximum absolute atomic E-state index is 10.8. The van der Waals surface area contributed by atoms with Gasteiger partial charge in [0.05, 0.1) is 12.2 Å². The quantitative estimate of drug-likeness (QED) is 0.888. The summed E-state index contributed by atoms with van der Waals surface area (Å²) in [5.41, 5.74) is 6.35. The van der Waals surface area contributed by atoms with Gasteiger partial charge in [-0.1, -0.05) is 6.07 Å². The number of aromatic nitrogens is 2. The van der Waals surface area contributed by atoms with Crippen molar-refractivity contribution in [2.24, 2.45) is 0 Å².